The third-order valence-corrected chi connectivity index (χ3v) is 1.42. The molecular weight excluding hydrogens is 130 g/mol. The van der Waals surface area contributed by atoms with Gasteiger partial charge < -0.3 is 0 Å². The summed E-state index contributed by atoms with van der Waals surface area (Å²) in [7, 11) is 0. The molecule has 1 aliphatic heterocycles. The minimum atomic E-state index is 1.06. The van der Waals surface area contributed by atoms with Gasteiger partial charge in [0.25, 0.3) is 0 Å². The van der Waals surface area contributed by atoms with E-state index in [1.54, 1.807) is 0 Å². The van der Waals surface area contributed by atoms with E-state index in [-0.39, 0.29) is 0 Å². The summed E-state index contributed by atoms with van der Waals surface area (Å²) < 4.78 is 0. The van der Waals surface area contributed by atoms with Crippen LogP contribution in [0.25, 0.3) is 0 Å². The van der Waals surface area contributed by atoms with Crippen LogP contribution < -0.4 is 0 Å². The second-order valence-electron chi connectivity index (χ2n) is 1.24. The molecule has 1 nitrogen and oxygen atoms in total. The Morgan fingerprint density at radius 1 is 1.60 bits per heavy atom. The molecule has 0 aliphatic carbocycles. The highest BCUT2D eigenvalue weighted by atomic mass is 79.9. The van der Waals surface area contributed by atoms with Gasteiger partial charge in [-0.05, 0) is 0 Å². The van der Waals surface area contributed by atoms with Crippen LogP contribution in [0.2, 0.25) is 0 Å². The molecule has 0 atom stereocenters. The zero-order chi connectivity index (χ0) is 3.70. The first-order chi connectivity index (χ1) is 2.43. The van der Waals surface area contributed by atoms with Crippen molar-refractivity contribution in [3.8, 4) is 0 Å². The van der Waals surface area contributed by atoms with Crippen LogP contribution in [0.15, 0.2) is 0 Å². The van der Waals surface area contributed by atoms with Gasteiger partial charge >= 0.3 is 0 Å². The summed E-state index contributed by atoms with van der Waals surface area (Å²) in [5.74, 6) is 0. The van der Waals surface area contributed by atoms with Crippen molar-refractivity contribution in [2.75, 3.05) is 18.5 Å². The largest absolute Gasteiger partial charge is 0.291 e. The van der Waals surface area contributed by atoms with Crippen molar-refractivity contribution in [1.82, 2.24) is 4.90 Å². The van der Waals surface area contributed by atoms with Gasteiger partial charge in [0, 0.05) is 13.1 Å². The van der Waals surface area contributed by atoms with Crippen LogP contribution in [0.3, 0.4) is 0 Å². The van der Waals surface area contributed by atoms with E-state index in [1.165, 1.54) is 13.1 Å². The lowest BCUT2D eigenvalue weighted by molar-refractivity contribution is 0.678. The maximum atomic E-state index is 3.30. The Labute approximate surface area is 40.1 Å². The molecule has 0 N–H and O–H groups in total. The van der Waals surface area contributed by atoms with E-state index >= 15 is 0 Å². The normalized spacial score (nSPS) is 23.4. The summed E-state index contributed by atoms with van der Waals surface area (Å²) in [6.45, 7) is 2.59. The van der Waals surface area contributed by atoms with Gasteiger partial charge in [-0.2, -0.15) is 0 Å². The van der Waals surface area contributed by atoms with Crippen LogP contribution in [0, 0.1) is 0 Å². The Balaban J connectivity index is 2.00. The molecule has 5 heavy (non-hydrogen) atoms. The second-order valence-corrected chi connectivity index (χ2v) is 1.74. The first-order valence-electron chi connectivity index (χ1n) is 1.72. The van der Waals surface area contributed by atoms with Gasteiger partial charge in [0.1, 0.15) is 0 Å². The van der Waals surface area contributed by atoms with Gasteiger partial charge in [0.15, 0.2) is 0 Å². The molecule has 1 aliphatic rings. The smallest absolute Gasteiger partial charge is 0.0543 e. The molecule has 1 fully saturated rings. The highest BCUT2D eigenvalue weighted by Crippen LogP contribution is 2.03. The van der Waals surface area contributed by atoms with Crippen LogP contribution in [0.5, 0.6) is 0 Å². The molecule has 1 heterocycles. The van der Waals surface area contributed by atoms with Crippen LogP contribution in [0.4, 0.5) is 0 Å². The Morgan fingerprint density at radius 2 is 2.20 bits per heavy atom. The van der Waals surface area contributed by atoms with Gasteiger partial charge in [-0.15, -0.1) is 0 Å². The molecular formula is C3H6BrN. The minimum Gasteiger partial charge on any atom is -0.291 e. The summed E-state index contributed by atoms with van der Waals surface area (Å²) in [5, 5.41) is 0. The molecule has 1 rings (SSSR count). The molecule has 0 radical (unpaired) electrons. The molecule has 30 valence electrons. The van der Waals surface area contributed by atoms with Gasteiger partial charge in [-0.3, -0.25) is 4.90 Å². The summed E-state index contributed by atoms with van der Waals surface area (Å²) in [4.78, 5) is 2.29. The van der Waals surface area contributed by atoms with Crippen molar-refractivity contribution in [2.45, 2.75) is 0 Å². The number of hydrogen-bond donors (Lipinski definition) is 0. The molecule has 0 aromatic carbocycles. The van der Waals surface area contributed by atoms with Crippen molar-refractivity contribution < 1.29 is 0 Å². The molecule has 0 spiro atoms. The summed E-state index contributed by atoms with van der Waals surface area (Å²) >= 11 is 3.30. The number of hydrogen-bond acceptors (Lipinski definition) is 1. The molecule has 0 amide bonds. The zero-order valence-corrected chi connectivity index (χ0v) is 4.53. The van der Waals surface area contributed by atoms with Crippen LogP contribution in [-0.4, -0.2) is 23.4 Å². The molecule has 0 bridgehead atoms. The van der Waals surface area contributed by atoms with Crippen molar-refractivity contribution in [2.24, 2.45) is 0 Å². The predicted molar refractivity (Wildman–Crippen MR) is 25.4 cm³/mol. The second kappa shape index (κ2) is 1.27. The quantitative estimate of drug-likeness (QED) is 0.290. The maximum Gasteiger partial charge on any atom is 0.0543 e. The fourth-order valence-electron chi connectivity index (χ4n) is 0.190. The minimum absolute atomic E-state index is 1.06. The SMILES string of the molecule is BrCN1CC1. The van der Waals surface area contributed by atoms with Crippen molar-refractivity contribution in [1.29, 1.82) is 0 Å². The lowest BCUT2D eigenvalue weighted by atomic mass is 11.0. The van der Waals surface area contributed by atoms with E-state index in [0.29, 0.717) is 0 Å². The molecule has 1 saturated heterocycles. The average Bonchev–Trinajstić information content (AvgIpc) is 2.12. The van der Waals surface area contributed by atoms with E-state index in [0.717, 1.165) is 5.45 Å². The standard InChI is InChI=1S/C3H6BrN/c4-3-5-1-2-5/h1-3H2. The zero-order valence-electron chi connectivity index (χ0n) is 2.95. The van der Waals surface area contributed by atoms with Crippen molar-refractivity contribution in [3.05, 3.63) is 0 Å². The van der Waals surface area contributed by atoms with E-state index in [4.69, 9.17) is 0 Å². The highest BCUT2D eigenvalue weighted by molar-refractivity contribution is 9.09. The van der Waals surface area contributed by atoms with Crippen LogP contribution >= 0.6 is 15.9 Å². The monoisotopic (exact) mass is 135 g/mol. The molecule has 0 saturated carbocycles. The Hall–Kier alpha value is 0.440. The summed E-state index contributed by atoms with van der Waals surface area (Å²) in [6.07, 6.45) is 0. The first-order valence-corrected chi connectivity index (χ1v) is 2.84. The predicted octanol–water partition coefficient (Wildman–Crippen LogP) is 0.654. The first kappa shape index (κ1) is 3.62. The van der Waals surface area contributed by atoms with Crippen molar-refractivity contribution in [3.63, 3.8) is 0 Å². The lowest BCUT2D eigenvalue weighted by Gasteiger charge is -1.79. The third kappa shape index (κ3) is 0.893. The van der Waals surface area contributed by atoms with Crippen LogP contribution in [-0.2, 0) is 0 Å². The highest BCUT2D eigenvalue weighted by Gasteiger charge is 2.13. The fraction of sp³-hybridized carbons (Fsp3) is 1.00. The van der Waals surface area contributed by atoms with Gasteiger partial charge in [-0.25, -0.2) is 0 Å². The van der Waals surface area contributed by atoms with E-state index in [2.05, 4.69) is 20.8 Å². The van der Waals surface area contributed by atoms with Gasteiger partial charge in [0.05, 0.1) is 5.45 Å². The molecule has 0 aromatic heterocycles. The Kier molecular flexibility index (Phi) is 0.918. The third-order valence-electron chi connectivity index (χ3n) is 0.709. The summed E-state index contributed by atoms with van der Waals surface area (Å²) in [6, 6.07) is 0. The van der Waals surface area contributed by atoms with Gasteiger partial charge in [0.2, 0.25) is 0 Å². The van der Waals surface area contributed by atoms with Crippen molar-refractivity contribution >= 4 is 15.9 Å². The number of nitrogens with zero attached hydrogens (tertiary/aromatic N) is 1. The average molecular weight is 136 g/mol. The lowest BCUT2D eigenvalue weighted by Crippen LogP contribution is -1.85. The van der Waals surface area contributed by atoms with Crippen LogP contribution in [0.1, 0.15) is 0 Å². The number of halogens is 1. The van der Waals surface area contributed by atoms with E-state index in [9.17, 15) is 0 Å². The van der Waals surface area contributed by atoms with E-state index in [1.807, 2.05) is 0 Å². The Bertz CT molecular complexity index is 33.9. The topological polar surface area (TPSA) is 3.01 Å². The molecule has 0 unspecified atom stereocenters. The van der Waals surface area contributed by atoms with E-state index < -0.39 is 0 Å². The maximum absolute atomic E-state index is 3.30. The fourth-order valence-corrected chi connectivity index (χ4v) is 0.692. The molecule has 0 aromatic rings. The summed E-state index contributed by atoms with van der Waals surface area (Å²) in [5.41, 5.74) is 1.06. The Morgan fingerprint density at radius 3 is 2.20 bits per heavy atom. The molecule has 2 heteroatoms. The number of alkyl halides is 1. The van der Waals surface area contributed by atoms with Gasteiger partial charge in [-0.1, -0.05) is 15.9 Å². The number of rotatable bonds is 1.